The van der Waals surface area contributed by atoms with Crippen molar-refractivity contribution in [2.24, 2.45) is 0 Å². The van der Waals surface area contributed by atoms with Crippen LogP contribution in [0.15, 0.2) is 0 Å². The molecule has 2 aliphatic rings. The lowest BCUT2D eigenvalue weighted by Crippen LogP contribution is -2.46. The third kappa shape index (κ3) is 3.70. The van der Waals surface area contributed by atoms with Crippen LogP contribution in [-0.2, 0) is 23.0 Å². The Balaban J connectivity index is 1.70. The van der Waals surface area contributed by atoms with E-state index in [0.717, 1.165) is 54.8 Å². The van der Waals surface area contributed by atoms with E-state index in [4.69, 9.17) is 4.98 Å². The predicted molar refractivity (Wildman–Crippen MR) is 94.6 cm³/mol. The topological polar surface area (TPSA) is 56.8 Å². The number of anilines is 1. The van der Waals surface area contributed by atoms with Gasteiger partial charge in [0.2, 0.25) is 10.0 Å². The summed E-state index contributed by atoms with van der Waals surface area (Å²) >= 11 is 1.68. The molecule has 0 aromatic carbocycles. The first-order valence-electron chi connectivity index (χ1n) is 8.47. The summed E-state index contributed by atoms with van der Waals surface area (Å²) in [6.07, 6.45) is 1.41. The Morgan fingerprint density at radius 3 is 2.52 bits per heavy atom. The molecule has 6 nitrogen and oxygen atoms in total. The van der Waals surface area contributed by atoms with Crippen LogP contribution in [0.2, 0.25) is 0 Å². The average molecular weight is 359 g/mol. The summed E-state index contributed by atoms with van der Waals surface area (Å²) in [4.78, 5) is 10.7. The minimum Gasteiger partial charge on any atom is -0.346 e. The SMILES string of the molecule is CCCS(=O)(=O)N1CCc2nc(N3CCN(CC)CC3)sc2C1. The largest absolute Gasteiger partial charge is 0.346 e. The van der Waals surface area contributed by atoms with E-state index in [1.54, 1.807) is 15.6 Å². The summed E-state index contributed by atoms with van der Waals surface area (Å²) in [5.74, 6) is 0.243. The molecule has 0 spiro atoms. The Morgan fingerprint density at radius 1 is 1.13 bits per heavy atom. The van der Waals surface area contributed by atoms with Crippen LogP contribution in [0.1, 0.15) is 30.8 Å². The van der Waals surface area contributed by atoms with Crippen molar-refractivity contribution in [3.05, 3.63) is 10.6 Å². The molecule has 0 radical (unpaired) electrons. The van der Waals surface area contributed by atoms with Crippen molar-refractivity contribution in [2.45, 2.75) is 33.2 Å². The molecule has 0 bridgehead atoms. The minimum atomic E-state index is -3.11. The van der Waals surface area contributed by atoms with E-state index in [0.29, 0.717) is 19.5 Å². The fraction of sp³-hybridized carbons (Fsp3) is 0.800. The number of aromatic nitrogens is 1. The molecule has 3 heterocycles. The molecule has 8 heteroatoms. The molecule has 1 saturated heterocycles. The zero-order chi connectivity index (χ0) is 16.4. The van der Waals surface area contributed by atoms with Crippen LogP contribution < -0.4 is 4.90 Å². The fourth-order valence-electron chi connectivity index (χ4n) is 3.17. The highest BCUT2D eigenvalue weighted by Crippen LogP contribution is 2.32. The fourth-order valence-corrected chi connectivity index (χ4v) is 5.90. The zero-order valence-electron chi connectivity index (χ0n) is 14.0. The Labute approximate surface area is 143 Å². The molecule has 1 aromatic heterocycles. The second-order valence-corrected chi connectivity index (χ2v) is 9.34. The van der Waals surface area contributed by atoms with Gasteiger partial charge in [0.05, 0.1) is 11.4 Å². The van der Waals surface area contributed by atoms with Crippen LogP contribution >= 0.6 is 11.3 Å². The summed E-state index contributed by atoms with van der Waals surface area (Å²) in [5.41, 5.74) is 1.10. The van der Waals surface area contributed by atoms with Crippen molar-refractivity contribution in [1.82, 2.24) is 14.2 Å². The predicted octanol–water partition coefficient (Wildman–Crippen LogP) is 1.38. The van der Waals surface area contributed by atoms with Gasteiger partial charge in [0.15, 0.2) is 5.13 Å². The lowest BCUT2D eigenvalue weighted by molar-refractivity contribution is 0.271. The second-order valence-electron chi connectivity index (χ2n) is 6.19. The van der Waals surface area contributed by atoms with Crippen LogP contribution in [0.3, 0.4) is 0 Å². The van der Waals surface area contributed by atoms with Gasteiger partial charge in [-0.2, -0.15) is 4.31 Å². The number of sulfonamides is 1. The maximum atomic E-state index is 12.3. The van der Waals surface area contributed by atoms with Gasteiger partial charge in [-0.3, -0.25) is 0 Å². The van der Waals surface area contributed by atoms with Crippen molar-refractivity contribution in [3.63, 3.8) is 0 Å². The van der Waals surface area contributed by atoms with Crippen molar-refractivity contribution in [2.75, 3.05) is 49.9 Å². The number of thiazole rings is 1. The van der Waals surface area contributed by atoms with Gasteiger partial charge in [-0.25, -0.2) is 13.4 Å². The standard InChI is InChI=1S/C15H26N4O2S2/c1-3-11-23(20,21)19-6-5-13-14(12-19)22-15(16-13)18-9-7-17(4-2)8-10-18/h3-12H2,1-2H3. The molecule has 0 aliphatic carbocycles. The second kappa shape index (κ2) is 7.04. The zero-order valence-corrected chi connectivity index (χ0v) is 15.6. The Kier molecular flexibility index (Phi) is 5.25. The molecule has 130 valence electrons. The number of piperazine rings is 1. The normalized spacial score (nSPS) is 20.7. The Hall–Kier alpha value is -0.700. The van der Waals surface area contributed by atoms with Crippen molar-refractivity contribution >= 4 is 26.5 Å². The summed E-state index contributed by atoms with van der Waals surface area (Å²) < 4.78 is 26.2. The number of hydrogen-bond acceptors (Lipinski definition) is 6. The van der Waals surface area contributed by atoms with Gasteiger partial charge >= 0.3 is 0 Å². The van der Waals surface area contributed by atoms with Gasteiger partial charge in [-0.15, -0.1) is 11.3 Å². The third-order valence-electron chi connectivity index (χ3n) is 4.63. The first kappa shape index (κ1) is 17.1. The summed E-state index contributed by atoms with van der Waals surface area (Å²) in [6.45, 7) is 10.5. The highest BCUT2D eigenvalue weighted by atomic mass is 32.2. The van der Waals surface area contributed by atoms with Crippen LogP contribution in [0.4, 0.5) is 5.13 Å². The monoisotopic (exact) mass is 358 g/mol. The molecule has 1 aromatic rings. The Morgan fingerprint density at radius 2 is 1.87 bits per heavy atom. The molecule has 1 fully saturated rings. The Bertz CT molecular complexity index is 636. The highest BCUT2D eigenvalue weighted by Gasteiger charge is 2.29. The molecule has 2 aliphatic heterocycles. The molecule has 0 unspecified atom stereocenters. The van der Waals surface area contributed by atoms with Crippen molar-refractivity contribution in [1.29, 1.82) is 0 Å². The molecule has 3 rings (SSSR count). The summed E-state index contributed by atoms with van der Waals surface area (Å²) in [6, 6.07) is 0. The number of nitrogens with zero attached hydrogens (tertiary/aromatic N) is 4. The van der Waals surface area contributed by atoms with Crippen molar-refractivity contribution in [3.8, 4) is 0 Å². The third-order valence-corrected chi connectivity index (χ3v) is 7.80. The lowest BCUT2D eigenvalue weighted by atomic mass is 10.2. The highest BCUT2D eigenvalue weighted by molar-refractivity contribution is 7.89. The van der Waals surface area contributed by atoms with Gasteiger partial charge in [-0.1, -0.05) is 13.8 Å². The molecule has 0 atom stereocenters. The molecule has 0 N–H and O–H groups in total. The molecule has 23 heavy (non-hydrogen) atoms. The summed E-state index contributed by atoms with van der Waals surface area (Å²) in [5, 5.41) is 1.07. The van der Waals surface area contributed by atoms with E-state index in [1.165, 1.54) is 0 Å². The van der Waals surface area contributed by atoms with E-state index >= 15 is 0 Å². The van der Waals surface area contributed by atoms with Crippen LogP contribution in [0, 0.1) is 0 Å². The van der Waals surface area contributed by atoms with Gasteiger partial charge in [-0.05, 0) is 13.0 Å². The number of rotatable bonds is 5. The summed E-state index contributed by atoms with van der Waals surface area (Å²) in [7, 11) is -3.11. The van der Waals surface area contributed by atoms with E-state index in [1.807, 2.05) is 6.92 Å². The van der Waals surface area contributed by atoms with E-state index in [9.17, 15) is 8.42 Å². The van der Waals surface area contributed by atoms with Crippen molar-refractivity contribution < 1.29 is 8.42 Å². The minimum absolute atomic E-state index is 0.243. The van der Waals surface area contributed by atoms with Crippen LogP contribution in [0.5, 0.6) is 0 Å². The van der Waals surface area contributed by atoms with E-state index < -0.39 is 10.0 Å². The first-order chi connectivity index (χ1) is 11.0. The maximum absolute atomic E-state index is 12.3. The number of fused-ring (bicyclic) bond motifs is 1. The molecular formula is C15H26N4O2S2. The average Bonchev–Trinajstić information content (AvgIpc) is 2.98. The lowest BCUT2D eigenvalue weighted by Gasteiger charge is -2.33. The van der Waals surface area contributed by atoms with Gasteiger partial charge < -0.3 is 9.80 Å². The molecular weight excluding hydrogens is 332 g/mol. The maximum Gasteiger partial charge on any atom is 0.214 e. The van der Waals surface area contributed by atoms with Gasteiger partial charge in [0.1, 0.15) is 0 Å². The van der Waals surface area contributed by atoms with E-state index in [-0.39, 0.29) is 5.75 Å². The molecule has 0 amide bonds. The number of hydrogen-bond donors (Lipinski definition) is 0. The number of likely N-dealkylation sites (N-methyl/N-ethyl adjacent to an activating group) is 1. The first-order valence-corrected chi connectivity index (χ1v) is 10.9. The van der Waals surface area contributed by atoms with E-state index in [2.05, 4.69) is 16.7 Å². The van der Waals surface area contributed by atoms with Crippen LogP contribution in [-0.4, -0.2) is 67.6 Å². The van der Waals surface area contributed by atoms with Gasteiger partial charge in [0, 0.05) is 50.6 Å². The van der Waals surface area contributed by atoms with Gasteiger partial charge in [0.25, 0.3) is 0 Å². The van der Waals surface area contributed by atoms with Crippen LogP contribution in [0.25, 0.3) is 0 Å². The quantitative estimate of drug-likeness (QED) is 0.796. The smallest absolute Gasteiger partial charge is 0.214 e. The molecule has 0 saturated carbocycles.